The molecule has 1 fully saturated rings. The molecule has 0 bridgehead atoms. The van der Waals surface area contributed by atoms with E-state index in [0.717, 1.165) is 23.1 Å². The van der Waals surface area contributed by atoms with Gasteiger partial charge in [-0.15, -0.1) is 0 Å². The van der Waals surface area contributed by atoms with Crippen molar-refractivity contribution in [2.45, 2.75) is 0 Å². The zero-order valence-corrected chi connectivity index (χ0v) is 15.0. The number of halogens is 1. The van der Waals surface area contributed by atoms with Crippen LogP contribution in [0.4, 0.5) is 26.2 Å². The van der Waals surface area contributed by atoms with Crippen molar-refractivity contribution in [2.24, 2.45) is 5.92 Å². The first kappa shape index (κ1) is 19.7. The molecule has 10 nitrogen and oxygen atoms in total. The summed E-state index contributed by atoms with van der Waals surface area (Å²) in [5, 5.41) is 15.6. The summed E-state index contributed by atoms with van der Waals surface area (Å²) in [5.74, 6) is -3.52. The van der Waals surface area contributed by atoms with Crippen LogP contribution in [0.2, 0.25) is 0 Å². The van der Waals surface area contributed by atoms with E-state index < -0.39 is 40.2 Å². The van der Waals surface area contributed by atoms with Crippen molar-refractivity contribution in [3.63, 3.8) is 0 Å². The van der Waals surface area contributed by atoms with Gasteiger partial charge in [-0.3, -0.25) is 19.7 Å². The number of nitrogens with one attached hydrogen (secondary N) is 2. The number of methoxy groups -OCH3 is 1. The summed E-state index contributed by atoms with van der Waals surface area (Å²) in [5.41, 5.74) is -0.661. The first-order valence-corrected chi connectivity index (χ1v) is 8.32. The Labute approximate surface area is 163 Å². The molecule has 0 aromatic heterocycles. The smallest absolute Gasteiger partial charge is 0.328 e. The maximum Gasteiger partial charge on any atom is 0.328 e. The van der Waals surface area contributed by atoms with Crippen molar-refractivity contribution in [3.05, 3.63) is 58.4 Å². The van der Waals surface area contributed by atoms with Crippen molar-refractivity contribution in [2.75, 3.05) is 23.9 Å². The SMILES string of the molecule is COc1cccc(N2C(=O)NCC(C(=O)Nc3ccc(F)c([N+](=O)[O-])c3)C2=O)c1. The lowest BCUT2D eigenvalue weighted by atomic mass is 10.0. The lowest BCUT2D eigenvalue weighted by Crippen LogP contribution is -2.58. The zero-order chi connectivity index (χ0) is 21.1. The number of nitrogens with zero attached hydrogens (tertiary/aromatic N) is 2. The Hall–Kier alpha value is -4.02. The summed E-state index contributed by atoms with van der Waals surface area (Å²) >= 11 is 0. The second-order valence-corrected chi connectivity index (χ2v) is 6.03. The Bertz CT molecular complexity index is 1010. The van der Waals surface area contributed by atoms with Crippen LogP contribution in [0.5, 0.6) is 5.75 Å². The predicted octanol–water partition coefficient (Wildman–Crippen LogP) is 2.05. The molecule has 1 saturated heterocycles. The number of urea groups is 1. The maximum atomic E-state index is 13.4. The van der Waals surface area contributed by atoms with Gasteiger partial charge in [-0.2, -0.15) is 4.39 Å². The topological polar surface area (TPSA) is 131 Å². The molecule has 1 atom stereocenters. The summed E-state index contributed by atoms with van der Waals surface area (Å²) in [6, 6.07) is 8.28. The van der Waals surface area contributed by atoms with Gasteiger partial charge < -0.3 is 15.4 Å². The molecule has 0 aliphatic carbocycles. The van der Waals surface area contributed by atoms with E-state index in [2.05, 4.69) is 10.6 Å². The molecular weight excluding hydrogens is 387 g/mol. The Balaban J connectivity index is 1.82. The molecule has 29 heavy (non-hydrogen) atoms. The van der Waals surface area contributed by atoms with E-state index >= 15 is 0 Å². The highest BCUT2D eigenvalue weighted by molar-refractivity contribution is 6.23. The normalized spacial score (nSPS) is 16.2. The van der Waals surface area contributed by atoms with E-state index in [0.29, 0.717) is 5.75 Å². The first-order chi connectivity index (χ1) is 13.8. The minimum atomic E-state index is -1.29. The Morgan fingerprint density at radius 2 is 2.07 bits per heavy atom. The average Bonchev–Trinajstić information content (AvgIpc) is 2.69. The number of imide groups is 1. The van der Waals surface area contributed by atoms with Crippen molar-refractivity contribution in [3.8, 4) is 5.75 Å². The molecule has 0 radical (unpaired) electrons. The van der Waals surface area contributed by atoms with E-state index in [1.54, 1.807) is 12.1 Å². The summed E-state index contributed by atoms with van der Waals surface area (Å²) in [6.45, 7) is -0.257. The van der Waals surface area contributed by atoms with Gasteiger partial charge in [-0.05, 0) is 24.3 Å². The second-order valence-electron chi connectivity index (χ2n) is 6.03. The number of rotatable bonds is 5. The molecule has 2 N–H and O–H groups in total. The number of nitro benzene ring substituents is 1. The van der Waals surface area contributed by atoms with Crippen LogP contribution in [0, 0.1) is 21.8 Å². The molecule has 4 amide bonds. The van der Waals surface area contributed by atoms with Gasteiger partial charge in [0.15, 0.2) is 0 Å². The minimum absolute atomic E-state index is 0.0549. The summed E-state index contributed by atoms with van der Waals surface area (Å²) < 4.78 is 18.5. The number of benzene rings is 2. The molecule has 150 valence electrons. The standard InChI is InChI=1S/C18H15FN4O6/c1-29-12-4-2-3-11(8-12)22-17(25)13(9-20-18(22)26)16(24)21-10-5-6-14(19)15(7-10)23(27)28/h2-8,13H,9H2,1H3,(H,20,26)(H,21,24). The molecule has 0 saturated carbocycles. The minimum Gasteiger partial charge on any atom is -0.497 e. The molecule has 1 unspecified atom stereocenters. The molecule has 1 heterocycles. The van der Waals surface area contributed by atoms with Crippen molar-refractivity contribution in [1.29, 1.82) is 0 Å². The van der Waals surface area contributed by atoms with Gasteiger partial charge in [-0.25, -0.2) is 9.69 Å². The highest BCUT2D eigenvalue weighted by Crippen LogP contribution is 2.26. The average molecular weight is 402 g/mol. The first-order valence-electron chi connectivity index (χ1n) is 8.32. The van der Waals surface area contributed by atoms with Gasteiger partial charge in [-0.1, -0.05) is 6.07 Å². The number of hydrogen-bond donors (Lipinski definition) is 2. The van der Waals surface area contributed by atoms with E-state index in [4.69, 9.17) is 4.74 Å². The summed E-state index contributed by atoms with van der Waals surface area (Å²) in [7, 11) is 1.43. The van der Waals surface area contributed by atoms with Crippen molar-refractivity contribution in [1.82, 2.24) is 5.32 Å². The lowest BCUT2D eigenvalue weighted by molar-refractivity contribution is -0.387. The fraction of sp³-hybridized carbons (Fsp3) is 0.167. The molecular formula is C18H15FN4O6. The van der Waals surface area contributed by atoms with Gasteiger partial charge in [0.1, 0.15) is 11.7 Å². The fourth-order valence-corrected chi connectivity index (χ4v) is 2.77. The van der Waals surface area contributed by atoms with Gasteiger partial charge in [0.2, 0.25) is 17.6 Å². The molecule has 1 aliphatic heterocycles. The molecule has 1 aliphatic rings. The Morgan fingerprint density at radius 3 is 2.76 bits per heavy atom. The largest absolute Gasteiger partial charge is 0.497 e. The number of nitro groups is 1. The van der Waals surface area contributed by atoms with Gasteiger partial charge in [0.25, 0.3) is 0 Å². The van der Waals surface area contributed by atoms with Crippen LogP contribution in [0.3, 0.4) is 0 Å². The Kier molecular flexibility index (Phi) is 5.39. The number of carbonyl (C=O) groups is 3. The maximum absolute atomic E-state index is 13.4. The van der Waals surface area contributed by atoms with Crippen LogP contribution >= 0.6 is 0 Å². The van der Waals surface area contributed by atoms with E-state index in [1.807, 2.05) is 0 Å². The van der Waals surface area contributed by atoms with E-state index in [-0.39, 0.29) is 17.9 Å². The van der Waals surface area contributed by atoms with E-state index in [1.165, 1.54) is 19.2 Å². The monoisotopic (exact) mass is 402 g/mol. The third-order valence-corrected chi connectivity index (χ3v) is 4.22. The van der Waals surface area contributed by atoms with Crippen molar-refractivity contribution < 1.29 is 28.4 Å². The van der Waals surface area contributed by atoms with Crippen LogP contribution in [0.15, 0.2) is 42.5 Å². The quantitative estimate of drug-likeness (QED) is 0.447. The van der Waals surface area contributed by atoms with Crippen LogP contribution in [0.1, 0.15) is 0 Å². The molecule has 2 aromatic carbocycles. The molecule has 2 aromatic rings. The third-order valence-electron chi connectivity index (χ3n) is 4.22. The Morgan fingerprint density at radius 1 is 1.31 bits per heavy atom. The number of anilines is 2. The van der Waals surface area contributed by atoms with Crippen LogP contribution < -0.4 is 20.3 Å². The zero-order valence-electron chi connectivity index (χ0n) is 15.0. The van der Waals surface area contributed by atoms with Crippen LogP contribution in [0.25, 0.3) is 0 Å². The second kappa shape index (κ2) is 7.92. The highest BCUT2D eigenvalue weighted by Gasteiger charge is 2.39. The fourth-order valence-electron chi connectivity index (χ4n) is 2.77. The predicted molar refractivity (Wildman–Crippen MR) is 99.1 cm³/mol. The van der Waals surface area contributed by atoms with Gasteiger partial charge in [0, 0.05) is 24.4 Å². The number of ether oxygens (including phenoxy) is 1. The molecule has 3 rings (SSSR count). The summed E-state index contributed by atoms with van der Waals surface area (Å²) in [4.78, 5) is 48.3. The van der Waals surface area contributed by atoms with E-state index in [9.17, 15) is 28.9 Å². The van der Waals surface area contributed by atoms with Crippen LogP contribution in [-0.2, 0) is 9.59 Å². The highest BCUT2D eigenvalue weighted by atomic mass is 19.1. The lowest BCUT2D eigenvalue weighted by Gasteiger charge is -2.30. The molecule has 0 spiro atoms. The number of carbonyl (C=O) groups excluding carboxylic acids is 3. The number of hydrogen-bond acceptors (Lipinski definition) is 6. The summed E-state index contributed by atoms with van der Waals surface area (Å²) in [6.07, 6.45) is 0. The van der Waals surface area contributed by atoms with Crippen LogP contribution in [-0.4, -0.2) is 36.4 Å². The molecule has 11 heteroatoms. The van der Waals surface area contributed by atoms with Crippen molar-refractivity contribution >= 4 is 34.9 Å². The van der Waals surface area contributed by atoms with Gasteiger partial charge >= 0.3 is 11.7 Å². The third kappa shape index (κ3) is 3.98. The number of amides is 4. The van der Waals surface area contributed by atoms with Gasteiger partial charge in [0.05, 0.1) is 17.7 Å².